The number of aliphatic carboxylic acids is 1. The van der Waals surface area contributed by atoms with Crippen LogP contribution in [0.5, 0.6) is 0 Å². The van der Waals surface area contributed by atoms with E-state index in [0.717, 1.165) is 6.42 Å². The van der Waals surface area contributed by atoms with Crippen LogP contribution in [0.2, 0.25) is 0 Å². The number of amides is 1. The third-order valence-corrected chi connectivity index (χ3v) is 3.18. The van der Waals surface area contributed by atoms with Crippen molar-refractivity contribution < 1.29 is 19.4 Å². The third kappa shape index (κ3) is 4.73. The number of carbonyl (C=O) groups is 2. The highest BCUT2D eigenvalue weighted by atomic mass is 16.6. The zero-order valence-electron chi connectivity index (χ0n) is 12.5. The second-order valence-corrected chi connectivity index (χ2v) is 6.72. The third-order valence-electron chi connectivity index (χ3n) is 3.18. The molecule has 1 rings (SSSR count). The minimum atomic E-state index is -0.822. The fraction of sp³-hybridized carbons (Fsp3) is 0.857. The van der Waals surface area contributed by atoms with Crippen LogP contribution in [-0.4, -0.2) is 40.8 Å². The van der Waals surface area contributed by atoms with Gasteiger partial charge in [0.15, 0.2) is 0 Å². The van der Waals surface area contributed by atoms with Gasteiger partial charge in [-0.25, -0.2) is 4.79 Å². The molecule has 0 aromatic carbocycles. The zero-order chi connectivity index (χ0) is 14.8. The van der Waals surface area contributed by atoms with Crippen molar-refractivity contribution >= 4 is 12.1 Å². The molecule has 1 amide bonds. The van der Waals surface area contributed by atoms with Gasteiger partial charge in [-0.2, -0.15) is 0 Å². The minimum Gasteiger partial charge on any atom is -0.481 e. The average Bonchev–Trinajstić information content (AvgIpc) is 2.57. The number of nitrogens with zero attached hydrogens (tertiary/aromatic N) is 1. The Balaban J connectivity index is 2.69. The molecular weight excluding hydrogens is 246 g/mol. The predicted molar refractivity (Wildman–Crippen MR) is 71.9 cm³/mol. The molecule has 0 unspecified atom stereocenters. The van der Waals surface area contributed by atoms with Crippen LogP contribution in [0.3, 0.4) is 0 Å². The molecule has 0 radical (unpaired) electrons. The van der Waals surface area contributed by atoms with Crippen LogP contribution in [0.4, 0.5) is 4.79 Å². The Morgan fingerprint density at radius 1 is 1.32 bits per heavy atom. The molecule has 1 aliphatic rings. The first kappa shape index (κ1) is 15.8. The first-order valence-electron chi connectivity index (χ1n) is 6.81. The van der Waals surface area contributed by atoms with Crippen molar-refractivity contribution in [2.75, 3.05) is 13.1 Å². The van der Waals surface area contributed by atoms with E-state index in [1.165, 1.54) is 4.90 Å². The number of rotatable bonds is 3. The molecule has 19 heavy (non-hydrogen) atoms. The molecule has 2 atom stereocenters. The monoisotopic (exact) mass is 271 g/mol. The van der Waals surface area contributed by atoms with Crippen molar-refractivity contribution in [1.29, 1.82) is 0 Å². The van der Waals surface area contributed by atoms with Gasteiger partial charge in [-0.1, -0.05) is 13.8 Å². The highest BCUT2D eigenvalue weighted by Crippen LogP contribution is 2.30. The van der Waals surface area contributed by atoms with Gasteiger partial charge in [-0.05, 0) is 39.0 Å². The maximum absolute atomic E-state index is 12.0. The van der Waals surface area contributed by atoms with E-state index in [4.69, 9.17) is 4.74 Å². The van der Waals surface area contributed by atoms with Crippen LogP contribution < -0.4 is 0 Å². The second-order valence-electron chi connectivity index (χ2n) is 6.72. The molecule has 0 bridgehead atoms. The molecule has 110 valence electrons. The number of carboxylic acid groups (broad SMARTS) is 1. The number of hydrogen-bond acceptors (Lipinski definition) is 3. The van der Waals surface area contributed by atoms with Crippen LogP contribution in [0.15, 0.2) is 0 Å². The van der Waals surface area contributed by atoms with Crippen LogP contribution in [-0.2, 0) is 9.53 Å². The Morgan fingerprint density at radius 2 is 1.89 bits per heavy atom. The lowest BCUT2D eigenvalue weighted by molar-refractivity contribution is -0.142. The normalized spacial score (nSPS) is 23.8. The molecule has 1 saturated heterocycles. The summed E-state index contributed by atoms with van der Waals surface area (Å²) < 4.78 is 5.30. The molecular formula is C14H25NO4. The summed E-state index contributed by atoms with van der Waals surface area (Å²) in [4.78, 5) is 24.8. The van der Waals surface area contributed by atoms with E-state index < -0.39 is 23.6 Å². The van der Waals surface area contributed by atoms with Gasteiger partial charge in [0, 0.05) is 13.1 Å². The minimum absolute atomic E-state index is 0.0185. The van der Waals surface area contributed by atoms with E-state index in [-0.39, 0.29) is 12.5 Å². The molecule has 0 saturated carbocycles. The van der Waals surface area contributed by atoms with Crippen molar-refractivity contribution in [3.63, 3.8) is 0 Å². The lowest BCUT2D eigenvalue weighted by Crippen LogP contribution is -2.36. The Hall–Kier alpha value is -1.26. The topological polar surface area (TPSA) is 66.8 Å². The summed E-state index contributed by atoms with van der Waals surface area (Å²) >= 11 is 0. The van der Waals surface area contributed by atoms with Gasteiger partial charge < -0.3 is 14.7 Å². The maximum atomic E-state index is 12.0. The molecule has 0 spiro atoms. The SMILES string of the molecule is CC(C)C[C@@H]1CN(C(=O)OC(C)(C)C)C[C@@H]1C(=O)O. The lowest BCUT2D eigenvalue weighted by Gasteiger charge is -2.24. The Bertz CT molecular complexity index is 346. The van der Waals surface area contributed by atoms with E-state index in [2.05, 4.69) is 13.8 Å². The summed E-state index contributed by atoms with van der Waals surface area (Å²) in [7, 11) is 0. The van der Waals surface area contributed by atoms with E-state index in [9.17, 15) is 14.7 Å². The summed E-state index contributed by atoms with van der Waals surface area (Å²) in [5.41, 5.74) is -0.550. The Labute approximate surface area is 114 Å². The van der Waals surface area contributed by atoms with E-state index in [0.29, 0.717) is 12.5 Å². The molecule has 0 aromatic heterocycles. The van der Waals surface area contributed by atoms with Gasteiger partial charge in [-0.15, -0.1) is 0 Å². The number of carbonyl (C=O) groups excluding carboxylic acids is 1. The fourth-order valence-electron chi connectivity index (χ4n) is 2.47. The second kappa shape index (κ2) is 5.80. The lowest BCUT2D eigenvalue weighted by atomic mass is 9.88. The first-order valence-corrected chi connectivity index (χ1v) is 6.81. The highest BCUT2D eigenvalue weighted by molar-refractivity contribution is 5.74. The number of hydrogen-bond donors (Lipinski definition) is 1. The van der Waals surface area contributed by atoms with Gasteiger partial charge in [0.1, 0.15) is 5.60 Å². The molecule has 1 fully saturated rings. The van der Waals surface area contributed by atoms with Crippen LogP contribution >= 0.6 is 0 Å². The molecule has 5 nitrogen and oxygen atoms in total. The Morgan fingerprint density at radius 3 is 2.32 bits per heavy atom. The molecule has 1 aliphatic heterocycles. The summed E-state index contributed by atoms with van der Waals surface area (Å²) in [6.07, 6.45) is 0.404. The van der Waals surface area contributed by atoms with Crippen LogP contribution in [0.1, 0.15) is 41.0 Å². The van der Waals surface area contributed by atoms with Crippen molar-refractivity contribution in [2.24, 2.45) is 17.8 Å². The number of ether oxygens (including phenoxy) is 1. The quantitative estimate of drug-likeness (QED) is 0.856. The van der Waals surface area contributed by atoms with Crippen molar-refractivity contribution in [2.45, 2.75) is 46.6 Å². The van der Waals surface area contributed by atoms with Gasteiger partial charge in [0.25, 0.3) is 0 Å². The molecule has 1 N–H and O–H groups in total. The van der Waals surface area contributed by atoms with E-state index >= 15 is 0 Å². The van der Waals surface area contributed by atoms with Crippen molar-refractivity contribution in [3.8, 4) is 0 Å². The first-order chi connectivity index (χ1) is 8.60. The number of carboxylic acids is 1. The average molecular weight is 271 g/mol. The summed E-state index contributed by atoms with van der Waals surface area (Å²) in [5.74, 6) is -0.859. The van der Waals surface area contributed by atoms with Gasteiger partial charge in [-0.3, -0.25) is 4.79 Å². The molecule has 0 aliphatic carbocycles. The van der Waals surface area contributed by atoms with Gasteiger partial charge >= 0.3 is 12.1 Å². The zero-order valence-corrected chi connectivity index (χ0v) is 12.5. The fourth-order valence-corrected chi connectivity index (χ4v) is 2.47. The molecule has 0 aromatic rings. The van der Waals surface area contributed by atoms with Crippen LogP contribution in [0, 0.1) is 17.8 Å². The standard InChI is InChI=1S/C14H25NO4/c1-9(2)6-10-7-15(8-11(10)12(16)17)13(18)19-14(3,4)5/h9-11H,6-8H2,1-5H3,(H,16,17)/t10-,11+/m1/s1. The largest absolute Gasteiger partial charge is 0.481 e. The predicted octanol–water partition coefficient (Wildman–Crippen LogP) is 2.60. The van der Waals surface area contributed by atoms with Crippen LogP contribution in [0.25, 0.3) is 0 Å². The van der Waals surface area contributed by atoms with Gasteiger partial charge in [0.05, 0.1) is 5.92 Å². The maximum Gasteiger partial charge on any atom is 0.410 e. The van der Waals surface area contributed by atoms with Crippen molar-refractivity contribution in [3.05, 3.63) is 0 Å². The molecule has 1 heterocycles. The summed E-state index contributed by atoms with van der Waals surface area (Å²) in [5, 5.41) is 9.25. The summed E-state index contributed by atoms with van der Waals surface area (Å²) in [6.45, 7) is 10.3. The van der Waals surface area contributed by atoms with Crippen molar-refractivity contribution in [1.82, 2.24) is 4.90 Å². The Kier molecular flexibility index (Phi) is 4.82. The van der Waals surface area contributed by atoms with E-state index in [1.54, 1.807) is 20.8 Å². The smallest absolute Gasteiger partial charge is 0.410 e. The summed E-state index contributed by atoms with van der Waals surface area (Å²) in [6, 6.07) is 0. The van der Waals surface area contributed by atoms with Gasteiger partial charge in [0.2, 0.25) is 0 Å². The number of likely N-dealkylation sites (tertiary alicyclic amines) is 1. The highest BCUT2D eigenvalue weighted by Gasteiger charge is 2.40. The van der Waals surface area contributed by atoms with E-state index in [1.807, 2.05) is 0 Å². The molecule has 5 heteroatoms.